The molecular formula is C21H24N2O4S2. The van der Waals surface area contributed by atoms with Crippen LogP contribution >= 0.6 is 11.8 Å². The molecule has 29 heavy (non-hydrogen) atoms. The van der Waals surface area contributed by atoms with Gasteiger partial charge in [0.25, 0.3) is 15.9 Å². The van der Waals surface area contributed by atoms with Crippen LogP contribution < -0.4 is 4.31 Å². The van der Waals surface area contributed by atoms with Crippen LogP contribution in [0.3, 0.4) is 0 Å². The van der Waals surface area contributed by atoms with Gasteiger partial charge in [0.15, 0.2) is 0 Å². The number of rotatable bonds is 4. The second-order valence-electron chi connectivity index (χ2n) is 7.25. The van der Waals surface area contributed by atoms with Crippen molar-refractivity contribution in [3.63, 3.8) is 0 Å². The molecule has 1 unspecified atom stereocenters. The van der Waals surface area contributed by atoms with E-state index in [1.807, 2.05) is 37.4 Å². The van der Waals surface area contributed by atoms with Crippen molar-refractivity contribution in [3.05, 3.63) is 53.6 Å². The Balaban J connectivity index is 1.74. The number of carbonyl (C=O) groups is 1. The molecule has 0 aliphatic carbocycles. The Morgan fingerprint density at radius 3 is 2.59 bits per heavy atom. The van der Waals surface area contributed by atoms with Gasteiger partial charge < -0.3 is 9.64 Å². The van der Waals surface area contributed by atoms with E-state index < -0.39 is 10.0 Å². The molecule has 1 saturated heterocycles. The third-order valence-corrected chi connectivity index (χ3v) is 8.12. The van der Waals surface area contributed by atoms with Crippen molar-refractivity contribution in [3.8, 4) is 0 Å². The minimum Gasteiger partial charge on any atom is -0.378 e. The maximum absolute atomic E-state index is 13.5. The SMILES string of the molecule is CSc1ccc(S(=O)(=O)N2c3ccccc3CC2C)cc1C(=O)N1CCOCC1. The number of para-hydroxylation sites is 1. The van der Waals surface area contributed by atoms with Gasteiger partial charge in [0.2, 0.25) is 0 Å². The lowest BCUT2D eigenvalue weighted by Crippen LogP contribution is -2.41. The van der Waals surface area contributed by atoms with E-state index in [4.69, 9.17) is 4.74 Å². The molecule has 0 radical (unpaired) electrons. The second kappa shape index (κ2) is 8.01. The number of hydrogen-bond acceptors (Lipinski definition) is 5. The number of morpholine rings is 1. The first-order valence-electron chi connectivity index (χ1n) is 9.61. The largest absolute Gasteiger partial charge is 0.378 e. The van der Waals surface area contributed by atoms with Gasteiger partial charge in [-0.25, -0.2) is 8.42 Å². The molecule has 8 heteroatoms. The fourth-order valence-electron chi connectivity index (χ4n) is 3.97. The van der Waals surface area contributed by atoms with E-state index in [0.717, 1.165) is 16.1 Å². The molecule has 2 aliphatic rings. The standard InChI is InChI=1S/C21H24N2O4S2/c1-15-13-16-5-3-4-6-19(16)23(15)29(25,26)17-7-8-20(28-2)18(14-17)21(24)22-9-11-27-12-10-22/h3-8,14-15H,9-13H2,1-2H3. The fourth-order valence-corrected chi connectivity index (χ4v) is 6.26. The lowest BCUT2D eigenvalue weighted by atomic mass is 10.1. The second-order valence-corrected chi connectivity index (χ2v) is 9.91. The summed E-state index contributed by atoms with van der Waals surface area (Å²) < 4.78 is 33.9. The molecule has 6 nitrogen and oxygen atoms in total. The maximum atomic E-state index is 13.5. The van der Waals surface area contributed by atoms with Gasteiger partial charge in [-0.1, -0.05) is 18.2 Å². The Bertz CT molecular complexity index is 1030. The van der Waals surface area contributed by atoms with E-state index in [1.165, 1.54) is 22.1 Å². The Hall–Kier alpha value is -2.03. The van der Waals surface area contributed by atoms with E-state index in [-0.39, 0.29) is 16.8 Å². The summed E-state index contributed by atoms with van der Waals surface area (Å²) in [5.74, 6) is -0.149. The summed E-state index contributed by atoms with van der Waals surface area (Å²) in [4.78, 5) is 15.7. The third kappa shape index (κ3) is 3.65. The quantitative estimate of drug-likeness (QED) is 0.695. The molecule has 0 spiro atoms. The zero-order valence-corrected chi connectivity index (χ0v) is 18.1. The summed E-state index contributed by atoms with van der Waals surface area (Å²) in [5, 5.41) is 0. The van der Waals surface area contributed by atoms with E-state index in [9.17, 15) is 13.2 Å². The molecule has 154 valence electrons. The Morgan fingerprint density at radius 1 is 1.14 bits per heavy atom. The van der Waals surface area contributed by atoms with Gasteiger partial charge in [-0.15, -0.1) is 11.8 Å². The predicted octanol–water partition coefficient (Wildman–Crippen LogP) is 3.02. The van der Waals surface area contributed by atoms with E-state index in [2.05, 4.69) is 0 Å². The van der Waals surface area contributed by atoms with Crippen molar-refractivity contribution in [1.82, 2.24) is 4.90 Å². The number of anilines is 1. The maximum Gasteiger partial charge on any atom is 0.264 e. The summed E-state index contributed by atoms with van der Waals surface area (Å²) in [7, 11) is -3.78. The van der Waals surface area contributed by atoms with E-state index >= 15 is 0 Å². The first kappa shape index (κ1) is 20.3. The van der Waals surface area contributed by atoms with Crippen LogP contribution in [-0.4, -0.2) is 57.8 Å². The molecular weight excluding hydrogens is 408 g/mol. The molecule has 0 bridgehead atoms. The van der Waals surface area contributed by atoms with Gasteiger partial charge in [-0.2, -0.15) is 0 Å². The average molecular weight is 433 g/mol. The number of amides is 1. The zero-order valence-electron chi connectivity index (χ0n) is 16.5. The number of carbonyl (C=O) groups excluding carboxylic acids is 1. The highest BCUT2D eigenvalue weighted by atomic mass is 32.2. The van der Waals surface area contributed by atoms with Crippen molar-refractivity contribution < 1.29 is 17.9 Å². The minimum absolute atomic E-state index is 0.149. The molecule has 2 aromatic rings. The first-order chi connectivity index (χ1) is 13.9. The third-order valence-electron chi connectivity index (χ3n) is 5.40. The van der Waals surface area contributed by atoms with E-state index in [0.29, 0.717) is 38.3 Å². The van der Waals surface area contributed by atoms with Gasteiger partial charge in [-0.05, 0) is 49.4 Å². The monoisotopic (exact) mass is 432 g/mol. The highest BCUT2D eigenvalue weighted by Crippen LogP contribution is 2.37. The van der Waals surface area contributed by atoms with Crippen LogP contribution in [0.4, 0.5) is 5.69 Å². The Morgan fingerprint density at radius 2 is 1.86 bits per heavy atom. The highest BCUT2D eigenvalue weighted by Gasteiger charge is 2.36. The van der Waals surface area contributed by atoms with Crippen molar-refractivity contribution in [2.75, 3.05) is 36.9 Å². The fraction of sp³-hybridized carbons (Fsp3) is 0.381. The number of thioether (sulfide) groups is 1. The predicted molar refractivity (Wildman–Crippen MR) is 114 cm³/mol. The first-order valence-corrected chi connectivity index (χ1v) is 12.3. The smallest absolute Gasteiger partial charge is 0.264 e. The Kier molecular flexibility index (Phi) is 5.59. The van der Waals surface area contributed by atoms with Crippen LogP contribution in [0.1, 0.15) is 22.8 Å². The van der Waals surface area contributed by atoms with Crippen LogP contribution in [0.25, 0.3) is 0 Å². The van der Waals surface area contributed by atoms with Crippen LogP contribution in [0.15, 0.2) is 52.3 Å². The summed E-state index contributed by atoms with van der Waals surface area (Å²) in [6, 6.07) is 12.3. The summed E-state index contributed by atoms with van der Waals surface area (Å²) in [6.45, 7) is 3.94. The minimum atomic E-state index is -3.78. The molecule has 2 heterocycles. The average Bonchev–Trinajstić information content (AvgIpc) is 3.09. The molecule has 4 rings (SSSR count). The number of ether oxygens (including phenoxy) is 1. The van der Waals surface area contributed by atoms with Crippen LogP contribution in [-0.2, 0) is 21.2 Å². The topological polar surface area (TPSA) is 66.9 Å². The van der Waals surface area contributed by atoms with Crippen molar-refractivity contribution in [1.29, 1.82) is 0 Å². The van der Waals surface area contributed by atoms with Crippen LogP contribution in [0.5, 0.6) is 0 Å². The van der Waals surface area contributed by atoms with Gasteiger partial charge >= 0.3 is 0 Å². The number of nitrogens with zero attached hydrogens (tertiary/aromatic N) is 2. The van der Waals surface area contributed by atoms with Gasteiger partial charge in [0.05, 0.1) is 29.4 Å². The molecule has 1 atom stereocenters. The molecule has 2 aliphatic heterocycles. The van der Waals surface area contributed by atoms with Crippen LogP contribution in [0, 0.1) is 0 Å². The summed E-state index contributed by atoms with van der Waals surface area (Å²) in [6.07, 6.45) is 2.57. The molecule has 0 N–H and O–H groups in total. The highest BCUT2D eigenvalue weighted by molar-refractivity contribution is 7.98. The summed E-state index contributed by atoms with van der Waals surface area (Å²) >= 11 is 1.44. The molecule has 0 aromatic heterocycles. The van der Waals surface area contributed by atoms with Crippen molar-refractivity contribution in [2.24, 2.45) is 0 Å². The number of fused-ring (bicyclic) bond motifs is 1. The van der Waals surface area contributed by atoms with Crippen molar-refractivity contribution >= 4 is 33.4 Å². The van der Waals surface area contributed by atoms with Crippen molar-refractivity contribution in [2.45, 2.75) is 29.2 Å². The molecule has 0 saturated carbocycles. The number of sulfonamides is 1. The van der Waals surface area contributed by atoms with Crippen LogP contribution in [0.2, 0.25) is 0 Å². The normalized spacial score (nSPS) is 19.3. The van der Waals surface area contributed by atoms with Gasteiger partial charge in [0, 0.05) is 24.0 Å². The van der Waals surface area contributed by atoms with E-state index in [1.54, 1.807) is 17.0 Å². The molecule has 2 aromatic carbocycles. The summed E-state index contributed by atoms with van der Waals surface area (Å²) in [5.41, 5.74) is 2.17. The lowest BCUT2D eigenvalue weighted by Gasteiger charge is -2.28. The van der Waals surface area contributed by atoms with Gasteiger partial charge in [-0.3, -0.25) is 9.10 Å². The molecule has 1 amide bonds. The molecule has 1 fully saturated rings. The lowest BCUT2D eigenvalue weighted by molar-refractivity contribution is 0.0300. The number of benzene rings is 2. The van der Waals surface area contributed by atoms with Gasteiger partial charge in [0.1, 0.15) is 0 Å². The number of hydrogen-bond donors (Lipinski definition) is 0. The Labute approximate surface area is 175 Å². The zero-order chi connectivity index (χ0) is 20.6.